The molecule has 1 aromatic heterocycles. The van der Waals surface area contributed by atoms with E-state index >= 15 is 0 Å². The molecule has 0 aliphatic heterocycles. The van der Waals surface area contributed by atoms with Crippen LogP contribution >= 0.6 is 0 Å². The first-order valence-electron chi connectivity index (χ1n) is 12.0. The van der Waals surface area contributed by atoms with Gasteiger partial charge in [0.05, 0.1) is 13.2 Å². The highest BCUT2D eigenvalue weighted by atomic mass is 16.5. The Morgan fingerprint density at radius 3 is 2.26 bits per heavy atom. The van der Waals surface area contributed by atoms with E-state index in [4.69, 9.17) is 4.74 Å². The zero-order chi connectivity index (χ0) is 24.9. The van der Waals surface area contributed by atoms with E-state index in [2.05, 4.69) is 23.3 Å². The van der Waals surface area contributed by atoms with Gasteiger partial charge < -0.3 is 19.1 Å². The Balaban J connectivity index is 1.66. The van der Waals surface area contributed by atoms with Gasteiger partial charge in [-0.3, -0.25) is 9.59 Å². The van der Waals surface area contributed by atoms with Crippen LogP contribution in [0.25, 0.3) is 0 Å². The molecule has 0 fully saturated rings. The molecule has 0 atom stereocenters. The molecule has 0 unspecified atom stereocenters. The Hall–Kier alpha value is -3.64. The number of amides is 2. The van der Waals surface area contributed by atoms with Gasteiger partial charge in [0.15, 0.2) is 0 Å². The van der Waals surface area contributed by atoms with Gasteiger partial charge in [0.1, 0.15) is 6.54 Å². The fourth-order valence-electron chi connectivity index (χ4n) is 3.94. The van der Waals surface area contributed by atoms with Crippen LogP contribution in [0.5, 0.6) is 0 Å². The predicted octanol–water partition coefficient (Wildman–Crippen LogP) is 4.16. The maximum Gasteiger partial charge on any atom is 0.242 e. The molecule has 6 heteroatoms. The Labute approximate surface area is 208 Å². The molecule has 3 aromatic rings. The number of aromatic nitrogens is 1. The number of ether oxygens (including phenoxy) is 1. The lowest BCUT2D eigenvalue weighted by atomic mass is 10.1. The molecule has 35 heavy (non-hydrogen) atoms. The van der Waals surface area contributed by atoms with Gasteiger partial charge in [0, 0.05) is 45.1 Å². The van der Waals surface area contributed by atoms with Crippen molar-refractivity contribution >= 4 is 11.8 Å². The lowest BCUT2D eigenvalue weighted by Crippen LogP contribution is -2.44. The number of methoxy groups -OCH3 is 1. The molecule has 0 aliphatic rings. The molecular formula is C29H35N3O3. The van der Waals surface area contributed by atoms with E-state index in [1.54, 1.807) is 23.0 Å². The summed E-state index contributed by atoms with van der Waals surface area (Å²) in [6, 6.07) is 24.2. The number of nitrogens with zero attached hydrogens (tertiary/aromatic N) is 3. The maximum atomic E-state index is 13.3. The van der Waals surface area contributed by atoms with Gasteiger partial charge in [0.2, 0.25) is 11.8 Å². The molecule has 3 rings (SSSR count). The van der Waals surface area contributed by atoms with E-state index in [9.17, 15) is 9.59 Å². The number of benzene rings is 2. The SMILES string of the molecule is C=CCN(CC(=O)N(CCOC)Cc1cccn1Cc1ccccc1)C(=O)CCc1ccccc1. The van der Waals surface area contributed by atoms with Gasteiger partial charge in [-0.2, -0.15) is 0 Å². The van der Waals surface area contributed by atoms with Crippen LogP contribution in [-0.4, -0.2) is 59.5 Å². The van der Waals surface area contributed by atoms with Gasteiger partial charge in [-0.25, -0.2) is 0 Å². The summed E-state index contributed by atoms with van der Waals surface area (Å²) in [6.45, 7) is 6.18. The van der Waals surface area contributed by atoms with E-state index < -0.39 is 0 Å². The second-order valence-corrected chi connectivity index (χ2v) is 8.47. The maximum absolute atomic E-state index is 13.3. The Bertz CT molecular complexity index is 1060. The summed E-state index contributed by atoms with van der Waals surface area (Å²) in [4.78, 5) is 29.6. The summed E-state index contributed by atoms with van der Waals surface area (Å²) in [5.74, 6) is -0.161. The Kier molecular flexibility index (Phi) is 10.3. The third-order valence-electron chi connectivity index (χ3n) is 5.89. The average Bonchev–Trinajstić information content (AvgIpc) is 3.32. The van der Waals surface area contributed by atoms with Crippen molar-refractivity contribution in [1.29, 1.82) is 0 Å². The van der Waals surface area contributed by atoms with E-state index in [1.165, 1.54) is 5.56 Å². The molecule has 0 radical (unpaired) electrons. The summed E-state index contributed by atoms with van der Waals surface area (Å²) in [6.07, 6.45) is 4.68. The number of carbonyl (C=O) groups is 2. The van der Waals surface area contributed by atoms with Crippen molar-refractivity contribution in [2.75, 3.05) is 33.4 Å². The van der Waals surface area contributed by atoms with E-state index in [1.807, 2.05) is 66.9 Å². The fraction of sp³-hybridized carbons (Fsp3) is 0.310. The first-order chi connectivity index (χ1) is 17.1. The van der Waals surface area contributed by atoms with E-state index in [0.717, 1.165) is 17.8 Å². The molecule has 0 bridgehead atoms. The number of hydrogen-bond acceptors (Lipinski definition) is 3. The van der Waals surface area contributed by atoms with Gasteiger partial charge in [-0.05, 0) is 29.7 Å². The predicted molar refractivity (Wildman–Crippen MR) is 139 cm³/mol. The third-order valence-corrected chi connectivity index (χ3v) is 5.89. The van der Waals surface area contributed by atoms with Crippen LogP contribution in [0.3, 0.4) is 0 Å². The van der Waals surface area contributed by atoms with Crippen LogP contribution in [0.15, 0.2) is 91.6 Å². The van der Waals surface area contributed by atoms with Gasteiger partial charge in [0.25, 0.3) is 0 Å². The van der Waals surface area contributed by atoms with Crippen LogP contribution in [0.2, 0.25) is 0 Å². The molecule has 2 amide bonds. The van der Waals surface area contributed by atoms with Crippen molar-refractivity contribution < 1.29 is 14.3 Å². The molecule has 0 saturated carbocycles. The van der Waals surface area contributed by atoms with Crippen molar-refractivity contribution in [3.63, 3.8) is 0 Å². The van der Waals surface area contributed by atoms with Crippen LogP contribution < -0.4 is 0 Å². The van der Waals surface area contributed by atoms with Gasteiger partial charge >= 0.3 is 0 Å². The van der Waals surface area contributed by atoms with Crippen molar-refractivity contribution in [2.45, 2.75) is 25.9 Å². The van der Waals surface area contributed by atoms with Crippen molar-refractivity contribution in [3.8, 4) is 0 Å². The standard InChI is InChI=1S/C29H35N3O3/c1-3-18-31(28(33)17-16-25-11-6-4-7-12-25)24-29(34)32(20-21-35-2)23-27-15-10-19-30(27)22-26-13-8-5-9-14-26/h3-15,19H,1,16-18,20-24H2,2H3. The molecule has 1 heterocycles. The quantitative estimate of drug-likeness (QED) is 0.331. The number of hydrogen-bond donors (Lipinski definition) is 0. The Morgan fingerprint density at radius 1 is 0.914 bits per heavy atom. The van der Waals surface area contributed by atoms with Crippen molar-refractivity contribution in [2.24, 2.45) is 0 Å². The normalized spacial score (nSPS) is 10.7. The number of rotatable bonds is 14. The largest absolute Gasteiger partial charge is 0.383 e. The van der Waals surface area contributed by atoms with Crippen LogP contribution in [0.1, 0.15) is 23.2 Å². The second kappa shape index (κ2) is 13.9. The highest BCUT2D eigenvalue weighted by molar-refractivity contribution is 5.85. The summed E-state index contributed by atoms with van der Waals surface area (Å²) >= 11 is 0. The van der Waals surface area contributed by atoms with Gasteiger partial charge in [-0.15, -0.1) is 6.58 Å². The molecule has 6 nitrogen and oxygen atoms in total. The first-order valence-corrected chi connectivity index (χ1v) is 12.0. The monoisotopic (exact) mass is 473 g/mol. The second-order valence-electron chi connectivity index (χ2n) is 8.47. The van der Waals surface area contributed by atoms with Crippen LogP contribution in [-0.2, 0) is 33.8 Å². The number of aryl methyl sites for hydroxylation is 1. The first kappa shape index (κ1) is 26.0. The number of carbonyl (C=O) groups excluding carboxylic acids is 2. The molecule has 184 valence electrons. The summed E-state index contributed by atoms with van der Waals surface area (Å²) in [5, 5.41) is 0. The summed E-state index contributed by atoms with van der Waals surface area (Å²) in [7, 11) is 1.62. The molecule has 0 saturated heterocycles. The highest BCUT2D eigenvalue weighted by Crippen LogP contribution is 2.12. The lowest BCUT2D eigenvalue weighted by Gasteiger charge is -2.27. The smallest absolute Gasteiger partial charge is 0.242 e. The van der Waals surface area contributed by atoms with Crippen LogP contribution in [0.4, 0.5) is 0 Å². The highest BCUT2D eigenvalue weighted by Gasteiger charge is 2.21. The average molecular weight is 474 g/mol. The minimum Gasteiger partial charge on any atom is -0.383 e. The summed E-state index contributed by atoms with van der Waals surface area (Å²) in [5.41, 5.74) is 3.33. The minimum absolute atomic E-state index is 0.0166. The van der Waals surface area contributed by atoms with Crippen molar-refractivity contribution in [3.05, 3.63) is 108 Å². The third kappa shape index (κ3) is 8.26. The zero-order valence-electron chi connectivity index (χ0n) is 20.5. The summed E-state index contributed by atoms with van der Waals surface area (Å²) < 4.78 is 7.41. The van der Waals surface area contributed by atoms with Crippen molar-refractivity contribution in [1.82, 2.24) is 14.4 Å². The van der Waals surface area contributed by atoms with Crippen LogP contribution in [0, 0.1) is 0 Å². The Morgan fingerprint density at radius 2 is 1.60 bits per heavy atom. The molecule has 0 aliphatic carbocycles. The minimum atomic E-state index is -0.107. The molecule has 2 aromatic carbocycles. The zero-order valence-corrected chi connectivity index (χ0v) is 20.5. The molecule has 0 N–H and O–H groups in total. The topological polar surface area (TPSA) is 54.8 Å². The lowest BCUT2D eigenvalue weighted by molar-refractivity contribution is -0.140. The molecule has 0 spiro atoms. The molecular weight excluding hydrogens is 438 g/mol. The van der Waals surface area contributed by atoms with E-state index in [-0.39, 0.29) is 18.4 Å². The fourth-order valence-corrected chi connectivity index (χ4v) is 3.94. The van der Waals surface area contributed by atoms with Gasteiger partial charge in [-0.1, -0.05) is 66.7 Å². The van der Waals surface area contributed by atoms with E-state index in [0.29, 0.717) is 39.1 Å².